The Labute approximate surface area is 150 Å². The quantitative estimate of drug-likeness (QED) is 0.687. The summed E-state index contributed by atoms with van der Waals surface area (Å²) in [5, 5.41) is 3.14. The number of pyridine rings is 2. The SMILES string of the molecule is O=C(NCc1cccc(OCc2ccccn2)c1)c1ccnc(Cl)c1. The van der Waals surface area contributed by atoms with Crippen LogP contribution in [0.4, 0.5) is 0 Å². The van der Waals surface area contributed by atoms with Crippen LogP contribution in [0, 0.1) is 0 Å². The van der Waals surface area contributed by atoms with Crippen LogP contribution in [0.3, 0.4) is 0 Å². The van der Waals surface area contributed by atoms with Gasteiger partial charge < -0.3 is 10.1 Å². The van der Waals surface area contributed by atoms with Crippen molar-refractivity contribution in [3.05, 3.63) is 89.0 Å². The fourth-order valence-electron chi connectivity index (χ4n) is 2.21. The smallest absolute Gasteiger partial charge is 0.251 e. The molecule has 1 amide bonds. The number of aromatic nitrogens is 2. The Kier molecular flexibility index (Phi) is 5.59. The predicted molar refractivity (Wildman–Crippen MR) is 95.4 cm³/mol. The minimum atomic E-state index is -0.205. The zero-order valence-corrected chi connectivity index (χ0v) is 14.1. The number of carbonyl (C=O) groups is 1. The number of amides is 1. The van der Waals surface area contributed by atoms with Gasteiger partial charge in [0.2, 0.25) is 0 Å². The summed E-state index contributed by atoms with van der Waals surface area (Å²) in [5.74, 6) is 0.522. The Morgan fingerprint density at radius 1 is 1.04 bits per heavy atom. The van der Waals surface area contributed by atoms with Crippen LogP contribution in [0.15, 0.2) is 67.0 Å². The summed E-state index contributed by atoms with van der Waals surface area (Å²) in [6, 6.07) is 16.4. The highest BCUT2D eigenvalue weighted by molar-refractivity contribution is 6.29. The molecule has 5 nitrogen and oxygen atoms in total. The van der Waals surface area contributed by atoms with E-state index >= 15 is 0 Å². The zero-order chi connectivity index (χ0) is 17.5. The third-order valence-corrected chi connectivity index (χ3v) is 3.66. The van der Waals surface area contributed by atoms with E-state index in [9.17, 15) is 4.79 Å². The van der Waals surface area contributed by atoms with Crippen LogP contribution in [-0.4, -0.2) is 15.9 Å². The normalized spacial score (nSPS) is 10.3. The van der Waals surface area contributed by atoms with Gasteiger partial charge in [-0.3, -0.25) is 9.78 Å². The Morgan fingerprint density at radius 2 is 1.96 bits per heavy atom. The molecule has 0 aliphatic heterocycles. The Morgan fingerprint density at radius 3 is 2.76 bits per heavy atom. The number of nitrogens with one attached hydrogen (secondary N) is 1. The van der Waals surface area contributed by atoms with Crippen molar-refractivity contribution in [3.8, 4) is 5.75 Å². The lowest BCUT2D eigenvalue weighted by Gasteiger charge is -2.09. The first kappa shape index (κ1) is 16.9. The van der Waals surface area contributed by atoms with E-state index < -0.39 is 0 Å². The van der Waals surface area contributed by atoms with E-state index in [1.165, 1.54) is 12.3 Å². The summed E-state index contributed by atoms with van der Waals surface area (Å²) in [6.07, 6.45) is 3.24. The molecule has 0 fully saturated rings. The van der Waals surface area contributed by atoms with Crippen molar-refractivity contribution in [2.24, 2.45) is 0 Å². The van der Waals surface area contributed by atoms with E-state index in [0.717, 1.165) is 17.0 Å². The van der Waals surface area contributed by atoms with E-state index in [1.807, 2.05) is 42.5 Å². The summed E-state index contributed by atoms with van der Waals surface area (Å²) in [7, 11) is 0. The van der Waals surface area contributed by atoms with Gasteiger partial charge in [0.1, 0.15) is 17.5 Å². The lowest BCUT2D eigenvalue weighted by Crippen LogP contribution is -2.22. The Bertz CT molecular complexity index is 856. The predicted octanol–water partition coefficient (Wildman–Crippen LogP) is 3.64. The Hall–Kier alpha value is -2.92. The largest absolute Gasteiger partial charge is 0.487 e. The second kappa shape index (κ2) is 8.26. The van der Waals surface area contributed by atoms with Crippen LogP contribution in [0.25, 0.3) is 0 Å². The lowest BCUT2D eigenvalue weighted by atomic mass is 10.2. The molecule has 0 saturated heterocycles. The van der Waals surface area contributed by atoms with E-state index in [2.05, 4.69) is 15.3 Å². The molecular formula is C19H16ClN3O2. The standard InChI is InChI=1S/C19H16ClN3O2/c20-18-11-15(7-9-22-18)19(24)23-12-14-4-3-6-17(10-14)25-13-16-5-1-2-8-21-16/h1-11H,12-13H2,(H,23,24). The first-order chi connectivity index (χ1) is 12.2. The molecule has 25 heavy (non-hydrogen) atoms. The first-order valence-electron chi connectivity index (χ1n) is 7.72. The van der Waals surface area contributed by atoms with Gasteiger partial charge in [-0.25, -0.2) is 4.98 Å². The number of halogens is 1. The Balaban J connectivity index is 1.57. The number of hydrogen-bond donors (Lipinski definition) is 1. The average Bonchev–Trinajstić information content (AvgIpc) is 2.66. The highest BCUT2D eigenvalue weighted by atomic mass is 35.5. The van der Waals surface area contributed by atoms with Crippen LogP contribution in [0.2, 0.25) is 5.15 Å². The second-order valence-corrected chi connectivity index (χ2v) is 5.69. The molecule has 2 heterocycles. The molecule has 3 aromatic rings. The summed E-state index contributed by atoms with van der Waals surface area (Å²) >= 11 is 5.80. The summed E-state index contributed by atoms with van der Waals surface area (Å²) in [5.41, 5.74) is 2.27. The van der Waals surface area contributed by atoms with Gasteiger partial charge in [0.25, 0.3) is 5.91 Å². The highest BCUT2D eigenvalue weighted by Gasteiger charge is 2.06. The van der Waals surface area contributed by atoms with Crippen molar-refractivity contribution >= 4 is 17.5 Å². The molecule has 0 radical (unpaired) electrons. The molecule has 0 aliphatic carbocycles. The summed E-state index contributed by atoms with van der Waals surface area (Å²) < 4.78 is 5.74. The van der Waals surface area contributed by atoms with Crippen LogP contribution in [0.1, 0.15) is 21.6 Å². The van der Waals surface area contributed by atoms with E-state index in [-0.39, 0.29) is 11.1 Å². The first-order valence-corrected chi connectivity index (χ1v) is 8.10. The lowest BCUT2D eigenvalue weighted by molar-refractivity contribution is 0.0950. The number of carbonyl (C=O) groups excluding carboxylic acids is 1. The molecule has 1 aromatic carbocycles. The molecule has 1 N–H and O–H groups in total. The van der Waals surface area contributed by atoms with Crippen molar-refractivity contribution in [2.75, 3.05) is 0 Å². The fraction of sp³-hybridized carbons (Fsp3) is 0.105. The topological polar surface area (TPSA) is 64.1 Å². The fourth-order valence-corrected chi connectivity index (χ4v) is 2.39. The maximum absolute atomic E-state index is 12.1. The van der Waals surface area contributed by atoms with Gasteiger partial charge >= 0.3 is 0 Å². The number of benzene rings is 1. The maximum Gasteiger partial charge on any atom is 0.251 e. The van der Waals surface area contributed by atoms with Crippen LogP contribution in [0.5, 0.6) is 5.75 Å². The summed E-state index contributed by atoms with van der Waals surface area (Å²) in [6.45, 7) is 0.783. The van der Waals surface area contributed by atoms with Gasteiger partial charge in [0, 0.05) is 24.5 Å². The molecule has 6 heteroatoms. The van der Waals surface area contributed by atoms with Crippen LogP contribution < -0.4 is 10.1 Å². The van der Waals surface area contributed by atoms with Gasteiger partial charge in [-0.2, -0.15) is 0 Å². The number of hydrogen-bond acceptors (Lipinski definition) is 4. The van der Waals surface area contributed by atoms with Crippen LogP contribution in [-0.2, 0) is 13.2 Å². The van der Waals surface area contributed by atoms with Crippen molar-refractivity contribution in [1.29, 1.82) is 0 Å². The van der Waals surface area contributed by atoms with E-state index in [4.69, 9.17) is 16.3 Å². The van der Waals surface area contributed by atoms with Gasteiger partial charge in [0.05, 0.1) is 5.69 Å². The third-order valence-electron chi connectivity index (χ3n) is 3.45. The third kappa shape index (κ3) is 5.02. The maximum atomic E-state index is 12.1. The number of rotatable bonds is 6. The number of nitrogens with zero attached hydrogens (tertiary/aromatic N) is 2. The van der Waals surface area contributed by atoms with Crippen molar-refractivity contribution in [2.45, 2.75) is 13.2 Å². The van der Waals surface area contributed by atoms with E-state index in [1.54, 1.807) is 12.3 Å². The molecule has 0 aliphatic rings. The summed E-state index contributed by atoms with van der Waals surface area (Å²) in [4.78, 5) is 20.2. The van der Waals surface area contributed by atoms with E-state index in [0.29, 0.717) is 18.7 Å². The molecule has 3 rings (SSSR count). The zero-order valence-electron chi connectivity index (χ0n) is 13.4. The molecule has 0 saturated carbocycles. The minimum absolute atomic E-state index is 0.205. The minimum Gasteiger partial charge on any atom is -0.487 e. The average molecular weight is 354 g/mol. The molecule has 0 atom stereocenters. The van der Waals surface area contributed by atoms with Gasteiger partial charge in [-0.15, -0.1) is 0 Å². The monoisotopic (exact) mass is 353 g/mol. The molecule has 0 bridgehead atoms. The molecule has 0 unspecified atom stereocenters. The van der Waals surface area contributed by atoms with Gasteiger partial charge in [-0.05, 0) is 42.0 Å². The van der Waals surface area contributed by atoms with Gasteiger partial charge in [-0.1, -0.05) is 29.8 Å². The second-order valence-electron chi connectivity index (χ2n) is 5.31. The molecular weight excluding hydrogens is 338 g/mol. The van der Waals surface area contributed by atoms with Crippen LogP contribution >= 0.6 is 11.6 Å². The van der Waals surface area contributed by atoms with Crippen molar-refractivity contribution < 1.29 is 9.53 Å². The molecule has 126 valence electrons. The van der Waals surface area contributed by atoms with Gasteiger partial charge in [0.15, 0.2) is 0 Å². The molecule has 0 spiro atoms. The number of ether oxygens (including phenoxy) is 1. The highest BCUT2D eigenvalue weighted by Crippen LogP contribution is 2.15. The van der Waals surface area contributed by atoms with Crippen molar-refractivity contribution in [1.82, 2.24) is 15.3 Å². The molecule has 2 aromatic heterocycles. The van der Waals surface area contributed by atoms with Crippen molar-refractivity contribution in [3.63, 3.8) is 0 Å².